The van der Waals surface area contributed by atoms with Gasteiger partial charge in [0.25, 0.3) is 0 Å². The van der Waals surface area contributed by atoms with E-state index < -0.39 is 0 Å². The molecule has 4 heterocycles. The quantitative estimate of drug-likeness (QED) is 0.165. The van der Waals surface area contributed by atoms with Gasteiger partial charge in [0.1, 0.15) is 5.65 Å². The van der Waals surface area contributed by atoms with E-state index >= 15 is 0 Å². The number of fused-ring (bicyclic) bond motifs is 11. The molecule has 0 aliphatic carbocycles. The molecule has 0 saturated carbocycles. The lowest BCUT2D eigenvalue weighted by atomic mass is 10.0. The molecule has 58 heavy (non-hydrogen) atoms. The summed E-state index contributed by atoms with van der Waals surface area (Å²) in [7, 11) is 0. The first kappa shape index (κ1) is 32.3. The number of imidazole rings is 1. The SMILES string of the molecule is c1ccc(-c2cccc(-c3nc(-c4cccc(-c5ccccc5)c4)nc(-n4c5ccccc5c5cc6c7ccccc7n7c8ccccc8nc7c6cc54)n3)c2)cc1. The number of aromatic nitrogens is 6. The minimum atomic E-state index is 0.547. The average molecular weight is 741 g/mol. The van der Waals surface area contributed by atoms with Gasteiger partial charge in [-0.05, 0) is 76.2 Å². The van der Waals surface area contributed by atoms with Crippen LogP contribution in [0, 0.1) is 0 Å². The zero-order valence-electron chi connectivity index (χ0n) is 31.2. The highest BCUT2D eigenvalue weighted by Crippen LogP contribution is 2.40. The van der Waals surface area contributed by atoms with Crippen LogP contribution in [0.5, 0.6) is 0 Å². The standard InChI is InChI=1S/C52H32N6/c1-3-15-33(16-4-1)35-19-13-21-37(29-35)49-54-50(38-22-14-20-36(30-38)34-17-5-2-6-18-34)56-52(55-49)58-46-27-11-8-24-40(46)42-31-41-39-23-7-10-26-45(39)57-47-28-12-9-25-44(47)53-51(57)43(41)32-48(42)58/h1-32H. The molecule has 0 bridgehead atoms. The molecule has 0 aliphatic heterocycles. The maximum Gasteiger partial charge on any atom is 0.238 e. The molecule has 0 N–H and O–H groups in total. The van der Waals surface area contributed by atoms with Crippen LogP contribution >= 0.6 is 0 Å². The fourth-order valence-corrected chi connectivity index (χ4v) is 8.65. The fourth-order valence-electron chi connectivity index (χ4n) is 8.65. The Hall–Kier alpha value is -7.96. The van der Waals surface area contributed by atoms with Gasteiger partial charge in [0.05, 0.1) is 27.6 Å². The van der Waals surface area contributed by atoms with Gasteiger partial charge >= 0.3 is 0 Å². The zero-order valence-corrected chi connectivity index (χ0v) is 31.2. The summed E-state index contributed by atoms with van der Waals surface area (Å²) in [5.74, 6) is 1.75. The number of para-hydroxylation sites is 4. The van der Waals surface area contributed by atoms with Gasteiger partial charge in [-0.1, -0.05) is 146 Å². The Morgan fingerprint density at radius 1 is 0.293 bits per heavy atom. The van der Waals surface area contributed by atoms with Crippen LogP contribution in [0.15, 0.2) is 194 Å². The average Bonchev–Trinajstić information content (AvgIpc) is 3.85. The van der Waals surface area contributed by atoms with Crippen LogP contribution < -0.4 is 0 Å². The number of benzene rings is 8. The Kier molecular flexibility index (Phi) is 7.13. The summed E-state index contributed by atoms with van der Waals surface area (Å²) < 4.78 is 4.50. The molecule has 0 unspecified atom stereocenters. The minimum Gasteiger partial charge on any atom is -0.292 e. The van der Waals surface area contributed by atoms with E-state index in [2.05, 4.69) is 191 Å². The van der Waals surface area contributed by atoms with Gasteiger partial charge < -0.3 is 0 Å². The van der Waals surface area contributed by atoms with Gasteiger partial charge in [-0.2, -0.15) is 9.97 Å². The first-order valence-corrected chi connectivity index (χ1v) is 19.5. The highest BCUT2D eigenvalue weighted by atomic mass is 15.2. The molecule has 0 fully saturated rings. The molecule has 0 spiro atoms. The van der Waals surface area contributed by atoms with E-state index in [0.717, 1.165) is 88.2 Å². The van der Waals surface area contributed by atoms with Gasteiger partial charge in [-0.15, -0.1) is 0 Å². The molecule has 12 rings (SSSR count). The molecule has 270 valence electrons. The van der Waals surface area contributed by atoms with E-state index in [-0.39, 0.29) is 0 Å². The van der Waals surface area contributed by atoms with E-state index in [4.69, 9.17) is 19.9 Å². The van der Waals surface area contributed by atoms with Crippen molar-refractivity contribution >= 4 is 60.2 Å². The van der Waals surface area contributed by atoms with Gasteiger partial charge in [-0.25, -0.2) is 9.97 Å². The Labute approximate surface area is 333 Å². The van der Waals surface area contributed by atoms with Crippen molar-refractivity contribution in [3.05, 3.63) is 194 Å². The van der Waals surface area contributed by atoms with Crippen LogP contribution in [0.25, 0.3) is 111 Å². The number of pyridine rings is 1. The van der Waals surface area contributed by atoms with Crippen molar-refractivity contribution in [1.29, 1.82) is 0 Å². The maximum atomic E-state index is 5.33. The van der Waals surface area contributed by atoms with E-state index in [1.165, 1.54) is 5.39 Å². The van der Waals surface area contributed by atoms with Crippen molar-refractivity contribution in [3.63, 3.8) is 0 Å². The molecular formula is C52H32N6. The third-order valence-electron chi connectivity index (χ3n) is 11.3. The second-order valence-corrected chi connectivity index (χ2v) is 14.7. The van der Waals surface area contributed by atoms with Crippen molar-refractivity contribution in [2.45, 2.75) is 0 Å². The molecule has 6 nitrogen and oxygen atoms in total. The largest absolute Gasteiger partial charge is 0.292 e. The monoisotopic (exact) mass is 740 g/mol. The molecule has 8 aromatic carbocycles. The van der Waals surface area contributed by atoms with Gasteiger partial charge in [0.15, 0.2) is 11.6 Å². The molecule has 0 radical (unpaired) electrons. The molecule has 4 aromatic heterocycles. The Balaban J connectivity index is 1.16. The molecule has 0 amide bonds. The molecule has 0 saturated heterocycles. The van der Waals surface area contributed by atoms with E-state index in [1.54, 1.807) is 0 Å². The van der Waals surface area contributed by atoms with Crippen molar-refractivity contribution in [3.8, 4) is 51.0 Å². The first-order chi connectivity index (χ1) is 28.7. The van der Waals surface area contributed by atoms with Crippen LogP contribution in [0.3, 0.4) is 0 Å². The second-order valence-electron chi connectivity index (χ2n) is 14.7. The molecular weight excluding hydrogens is 709 g/mol. The van der Waals surface area contributed by atoms with E-state index in [0.29, 0.717) is 17.6 Å². The lowest BCUT2D eigenvalue weighted by Crippen LogP contribution is -2.06. The van der Waals surface area contributed by atoms with Crippen LogP contribution in [0.1, 0.15) is 0 Å². The molecule has 12 aromatic rings. The molecule has 6 heteroatoms. The van der Waals surface area contributed by atoms with Crippen molar-refractivity contribution < 1.29 is 0 Å². The topological polar surface area (TPSA) is 60.9 Å². The molecule has 0 aliphatic rings. The van der Waals surface area contributed by atoms with Crippen molar-refractivity contribution in [2.75, 3.05) is 0 Å². The summed E-state index contributed by atoms with van der Waals surface area (Å²) >= 11 is 0. The number of hydrogen-bond donors (Lipinski definition) is 0. The zero-order chi connectivity index (χ0) is 38.2. The van der Waals surface area contributed by atoms with E-state index in [1.807, 2.05) is 12.1 Å². The van der Waals surface area contributed by atoms with Crippen molar-refractivity contribution in [2.24, 2.45) is 0 Å². The number of rotatable bonds is 5. The van der Waals surface area contributed by atoms with Gasteiger partial charge in [0, 0.05) is 32.7 Å². The van der Waals surface area contributed by atoms with Gasteiger partial charge in [0.2, 0.25) is 5.95 Å². The highest BCUT2D eigenvalue weighted by Gasteiger charge is 2.21. The lowest BCUT2D eigenvalue weighted by Gasteiger charge is -2.13. The van der Waals surface area contributed by atoms with Crippen LogP contribution in [0.2, 0.25) is 0 Å². The third-order valence-corrected chi connectivity index (χ3v) is 11.3. The predicted octanol–water partition coefficient (Wildman–Crippen LogP) is 12.7. The summed E-state index contributed by atoms with van der Waals surface area (Å²) in [5, 5.41) is 5.63. The predicted molar refractivity (Wildman–Crippen MR) is 237 cm³/mol. The Bertz CT molecular complexity index is 3470. The van der Waals surface area contributed by atoms with Crippen molar-refractivity contribution in [1.82, 2.24) is 28.9 Å². The summed E-state index contributed by atoms with van der Waals surface area (Å²) in [6.07, 6.45) is 0. The third kappa shape index (κ3) is 5.05. The van der Waals surface area contributed by atoms with Gasteiger partial charge in [-0.3, -0.25) is 8.97 Å². The Morgan fingerprint density at radius 3 is 1.47 bits per heavy atom. The summed E-state index contributed by atoms with van der Waals surface area (Å²) in [6, 6.07) is 67.9. The number of hydrogen-bond acceptors (Lipinski definition) is 4. The van der Waals surface area contributed by atoms with Crippen LogP contribution in [-0.4, -0.2) is 28.9 Å². The smallest absolute Gasteiger partial charge is 0.238 e. The lowest BCUT2D eigenvalue weighted by molar-refractivity contribution is 0.954. The summed E-state index contributed by atoms with van der Waals surface area (Å²) in [6.45, 7) is 0. The highest BCUT2D eigenvalue weighted by molar-refractivity contribution is 6.21. The first-order valence-electron chi connectivity index (χ1n) is 19.5. The maximum absolute atomic E-state index is 5.33. The fraction of sp³-hybridized carbons (Fsp3) is 0. The Morgan fingerprint density at radius 2 is 0.810 bits per heavy atom. The summed E-state index contributed by atoms with van der Waals surface area (Å²) in [4.78, 5) is 21.1. The van der Waals surface area contributed by atoms with E-state index in [9.17, 15) is 0 Å². The molecule has 0 atom stereocenters. The minimum absolute atomic E-state index is 0.547. The second kappa shape index (κ2) is 12.8. The normalized spacial score (nSPS) is 11.8. The van der Waals surface area contributed by atoms with Crippen LogP contribution in [0.4, 0.5) is 0 Å². The summed E-state index contributed by atoms with van der Waals surface area (Å²) in [5.41, 5.74) is 12.4. The number of nitrogens with zero attached hydrogens (tertiary/aromatic N) is 6. The van der Waals surface area contributed by atoms with Crippen LogP contribution in [-0.2, 0) is 0 Å².